The summed E-state index contributed by atoms with van der Waals surface area (Å²) in [6.45, 7) is 0. The van der Waals surface area contributed by atoms with Crippen molar-refractivity contribution in [3.63, 3.8) is 0 Å². The first-order valence-corrected chi connectivity index (χ1v) is 9.93. The van der Waals surface area contributed by atoms with Crippen LogP contribution in [0.25, 0.3) is 0 Å². The van der Waals surface area contributed by atoms with Gasteiger partial charge in [-0.15, -0.1) is 0 Å². The summed E-state index contributed by atoms with van der Waals surface area (Å²) < 4.78 is 23.2. The fourth-order valence-electron chi connectivity index (χ4n) is 4.05. The molecule has 1 spiro atoms. The second-order valence-electron chi connectivity index (χ2n) is 6.93. The molecule has 0 radical (unpaired) electrons. The van der Waals surface area contributed by atoms with Crippen molar-refractivity contribution in [2.45, 2.75) is 62.3 Å². The average molecular weight is 307 g/mol. The normalized spacial score (nSPS) is 22.5. The van der Waals surface area contributed by atoms with Gasteiger partial charge < -0.3 is 5.32 Å². The van der Waals surface area contributed by atoms with E-state index < -0.39 is 9.84 Å². The van der Waals surface area contributed by atoms with Crippen molar-refractivity contribution in [2.75, 3.05) is 11.6 Å². The van der Waals surface area contributed by atoms with E-state index in [0.29, 0.717) is 16.4 Å². The Morgan fingerprint density at radius 2 is 1.76 bits per heavy atom. The minimum atomic E-state index is -3.12. The summed E-state index contributed by atoms with van der Waals surface area (Å²) >= 11 is 0. The van der Waals surface area contributed by atoms with Crippen LogP contribution in [0.5, 0.6) is 0 Å². The molecule has 116 valence electrons. The van der Waals surface area contributed by atoms with Gasteiger partial charge in [-0.1, -0.05) is 18.9 Å². The van der Waals surface area contributed by atoms with E-state index in [1.54, 1.807) is 12.1 Å². The standard InChI is InChI=1S/C17H25NO2S/c1-21(19,20)16-6-4-5-15(13-16)18-14-7-11-17(12-8-14)9-2-3-10-17/h4-6,13-14,18H,2-3,7-12H2,1H3. The minimum absolute atomic E-state index is 0.399. The van der Waals surface area contributed by atoms with Crippen LogP contribution >= 0.6 is 0 Å². The summed E-state index contributed by atoms with van der Waals surface area (Å²) in [7, 11) is -3.12. The van der Waals surface area contributed by atoms with Crippen molar-refractivity contribution in [3.8, 4) is 0 Å². The van der Waals surface area contributed by atoms with Crippen molar-refractivity contribution in [2.24, 2.45) is 5.41 Å². The lowest BCUT2D eigenvalue weighted by Gasteiger charge is -2.37. The highest BCUT2D eigenvalue weighted by molar-refractivity contribution is 7.90. The number of nitrogens with one attached hydrogen (secondary N) is 1. The van der Waals surface area contributed by atoms with E-state index in [9.17, 15) is 8.42 Å². The molecule has 2 fully saturated rings. The van der Waals surface area contributed by atoms with Crippen LogP contribution in [0.3, 0.4) is 0 Å². The van der Waals surface area contributed by atoms with Gasteiger partial charge in [0.1, 0.15) is 0 Å². The zero-order valence-corrected chi connectivity index (χ0v) is 13.6. The Morgan fingerprint density at radius 1 is 1.10 bits per heavy atom. The fourth-order valence-corrected chi connectivity index (χ4v) is 4.72. The van der Waals surface area contributed by atoms with E-state index in [0.717, 1.165) is 5.69 Å². The summed E-state index contributed by atoms with van der Waals surface area (Å²) in [4.78, 5) is 0.399. The molecule has 4 heteroatoms. The number of rotatable bonds is 3. The molecule has 3 rings (SSSR count). The molecule has 21 heavy (non-hydrogen) atoms. The molecule has 0 bridgehead atoms. The molecule has 0 amide bonds. The highest BCUT2D eigenvalue weighted by Crippen LogP contribution is 2.49. The van der Waals surface area contributed by atoms with Crippen LogP contribution in [-0.2, 0) is 9.84 Å². The first kappa shape index (κ1) is 14.9. The predicted molar refractivity (Wildman–Crippen MR) is 86.3 cm³/mol. The second kappa shape index (κ2) is 5.64. The van der Waals surface area contributed by atoms with Gasteiger partial charge in [0.2, 0.25) is 0 Å². The monoisotopic (exact) mass is 307 g/mol. The molecule has 1 N–H and O–H groups in total. The summed E-state index contributed by atoms with van der Waals surface area (Å²) in [5.41, 5.74) is 1.58. The van der Waals surface area contributed by atoms with Gasteiger partial charge in [0.15, 0.2) is 9.84 Å². The number of benzene rings is 1. The summed E-state index contributed by atoms with van der Waals surface area (Å²) in [5, 5.41) is 3.54. The number of hydrogen-bond acceptors (Lipinski definition) is 3. The topological polar surface area (TPSA) is 46.2 Å². The molecule has 0 aliphatic heterocycles. The Morgan fingerprint density at radius 3 is 2.38 bits per heavy atom. The second-order valence-corrected chi connectivity index (χ2v) is 8.94. The Kier molecular flexibility index (Phi) is 4.00. The highest BCUT2D eigenvalue weighted by atomic mass is 32.2. The molecule has 0 aromatic heterocycles. The van der Waals surface area contributed by atoms with Gasteiger partial charge in [0, 0.05) is 18.0 Å². The molecule has 1 aromatic rings. The first-order valence-electron chi connectivity index (χ1n) is 8.04. The van der Waals surface area contributed by atoms with Gasteiger partial charge in [-0.25, -0.2) is 8.42 Å². The van der Waals surface area contributed by atoms with Crippen molar-refractivity contribution in [1.29, 1.82) is 0 Å². The highest BCUT2D eigenvalue weighted by Gasteiger charge is 2.37. The van der Waals surface area contributed by atoms with Gasteiger partial charge in [-0.3, -0.25) is 0 Å². The lowest BCUT2D eigenvalue weighted by Crippen LogP contribution is -2.31. The van der Waals surface area contributed by atoms with E-state index in [4.69, 9.17) is 0 Å². The Bertz CT molecular complexity index is 593. The number of anilines is 1. The van der Waals surface area contributed by atoms with E-state index in [-0.39, 0.29) is 0 Å². The summed E-state index contributed by atoms with van der Waals surface area (Å²) in [6, 6.07) is 7.70. The maximum atomic E-state index is 11.6. The van der Waals surface area contributed by atoms with Gasteiger partial charge in [-0.2, -0.15) is 0 Å². The number of sulfone groups is 1. The third-order valence-electron chi connectivity index (χ3n) is 5.34. The lowest BCUT2D eigenvalue weighted by atomic mass is 9.71. The summed E-state index contributed by atoms with van der Waals surface area (Å²) in [6.07, 6.45) is 12.0. The smallest absolute Gasteiger partial charge is 0.175 e. The Balaban J connectivity index is 1.63. The van der Waals surface area contributed by atoms with Crippen LogP contribution in [0.4, 0.5) is 5.69 Å². The SMILES string of the molecule is CS(=O)(=O)c1cccc(NC2CCC3(CCCC3)CC2)c1. The van der Waals surface area contributed by atoms with Gasteiger partial charge in [0.05, 0.1) is 4.90 Å². The van der Waals surface area contributed by atoms with Gasteiger partial charge in [-0.05, 0) is 62.1 Å². The van der Waals surface area contributed by atoms with Crippen LogP contribution < -0.4 is 5.32 Å². The molecular weight excluding hydrogens is 282 g/mol. The number of hydrogen-bond donors (Lipinski definition) is 1. The zero-order chi connectivity index (χ0) is 14.9. The molecule has 2 aliphatic rings. The molecule has 0 unspecified atom stereocenters. The summed E-state index contributed by atoms with van der Waals surface area (Å²) in [5.74, 6) is 0. The molecular formula is C17H25NO2S. The molecule has 3 nitrogen and oxygen atoms in total. The third kappa shape index (κ3) is 3.42. The Labute approximate surface area is 128 Å². The van der Waals surface area contributed by atoms with E-state index in [1.807, 2.05) is 12.1 Å². The predicted octanol–water partition coefficient (Wildman–Crippen LogP) is 4.01. The average Bonchev–Trinajstić information content (AvgIpc) is 2.90. The molecule has 0 saturated heterocycles. The van der Waals surface area contributed by atoms with Crippen molar-refractivity contribution < 1.29 is 8.42 Å². The fraction of sp³-hybridized carbons (Fsp3) is 0.647. The first-order chi connectivity index (χ1) is 9.97. The van der Waals surface area contributed by atoms with Gasteiger partial charge in [0.25, 0.3) is 0 Å². The lowest BCUT2D eigenvalue weighted by molar-refractivity contribution is 0.188. The van der Waals surface area contributed by atoms with Crippen LogP contribution in [0.1, 0.15) is 51.4 Å². The molecule has 0 atom stereocenters. The van der Waals surface area contributed by atoms with Gasteiger partial charge >= 0.3 is 0 Å². The van der Waals surface area contributed by atoms with Crippen LogP contribution in [0.2, 0.25) is 0 Å². The van der Waals surface area contributed by atoms with Crippen molar-refractivity contribution in [1.82, 2.24) is 0 Å². The van der Waals surface area contributed by atoms with Crippen molar-refractivity contribution in [3.05, 3.63) is 24.3 Å². The van der Waals surface area contributed by atoms with Crippen molar-refractivity contribution >= 4 is 15.5 Å². The van der Waals surface area contributed by atoms with E-state index in [1.165, 1.54) is 57.6 Å². The molecule has 2 saturated carbocycles. The quantitative estimate of drug-likeness (QED) is 0.918. The van der Waals surface area contributed by atoms with Crippen LogP contribution in [-0.4, -0.2) is 20.7 Å². The van der Waals surface area contributed by atoms with E-state index in [2.05, 4.69) is 5.32 Å². The van der Waals surface area contributed by atoms with Crippen LogP contribution in [0, 0.1) is 5.41 Å². The Hall–Kier alpha value is -1.03. The largest absolute Gasteiger partial charge is 0.382 e. The maximum Gasteiger partial charge on any atom is 0.175 e. The van der Waals surface area contributed by atoms with E-state index >= 15 is 0 Å². The molecule has 0 heterocycles. The molecule has 2 aliphatic carbocycles. The minimum Gasteiger partial charge on any atom is -0.382 e. The maximum absolute atomic E-state index is 11.6. The molecule has 1 aromatic carbocycles. The third-order valence-corrected chi connectivity index (χ3v) is 6.45. The zero-order valence-electron chi connectivity index (χ0n) is 12.8. The van der Waals surface area contributed by atoms with Crippen LogP contribution in [0.15, 0.2) is 29.2 Å².